The molecule has 6 nitrogen and oxygen atoms in total. The molecule has 0 aliphatic carbocycles. The van der Waals surface area contributed by atoms with Crippen molar-refractivity contribution in [3.63, 3.8) is 0 Å². The summed E-state index contributed by atoms with van der Waals surface area (Å²) in [7, 11) is -3.54. The first kappa shape index (κ1) is 20.6. The smallest absolute Gasteiger partial charge is 0.255 e. The topological polar surface area (TPSA) is 98.5 Å². The van der Waals surface area contributed by atoms with Crippen LogP contribution in [0.15, 0.2) is 72.1 Å². The highest BCUT2D eigenvalue weighted by Gasteiger charge is 2.09. The molecule has 1 amide bonds. The van der Waals surface area contributed by atoms with Gasteiger partial charge >= 0.3 is 0 Å². The van der Waals surface area contributed by atoms with Gasteiger partial charge in [0.1, 0.15) is 5.75 Å². The van der Waals surface area contributed by atoms with Crippen LogP contribution >= 0.6 is 0 Å². The molecular formula is C22H22N2O4S. The Morgan fingerprint density at radius 1 is 0.966 bits per heavy atom. The highest BCUT2D eigenvalue weighted by atomic mass is 32.2. The summed E-state index contributed by atoms with van der Waals surface area (Å²) >= 11 is 0. The molecule has 0 spiro atoms. The lowest BCUT2D eigenvalue weighted by molar-refractivity contribution is -0.119. The van der Waals surface area contributed by atoms with Crippen LogP contribution in [0.25, 0.3) is 16.8 Å². The van der Waals surface area contributed by atoms with Gasteiger partial charge in [0.25, 0.3) is 5.91 Å². The number of carbonyl (C=O) groups excluding carboxylic acids is 1. The van der Waals surface area contributed by atoms with Crippen molar-refractivity contribution in [2.24, 2.45) is 5.73 Å². The molecule has 0 aromatic heterocycles. The number of nitrogens with one attached hydrogen (secondary N) is 1. The van der Waals surface area contributed by atoms with E-state index in [-0.39, 0.29) is 13.2 Å². The molecule has 0 radical (unpaired) electrons. The Labute approximate surface area is 170 Å². The van der Waals surface area contributed by atoms with E-state index in [1.165, 1.54) is 5.41 Å². The van der Waals surface area contributed by atoms with Gasteiger partial charge in [0.15, 0.2) is 6.61 Å². The van der Waals surface area contributed by atoms with Crippen LogP contribution in [0.2, 0.25) is 0 Å². The van der Waals surface area contributed by atoms with Gasteiger partial charge in [-0.3, -0.25) is 4.79 Å². The number of hydrogen-bond acceptors (Lipinski definition) is 4. The second-order valence-corrected chi connectivity index (χ2v) is 8.08. The molecule has 7 heteroatoms. The Kier molecular flexibility index (Phi) is 6.64. The number of sulfonamides is 1. The predicted octanol–water partition coefficient (Wildman–Crippen LogP) is 2.84. The second-order valence-electron chi connectivity index (χ2n) is 6.43. The zero-order valence-electron chi connectivity index (χ0n) is 15.7. The summed E-state index contributed by atoms with van der Waals surface area (Å²) in [5.41, 5.74) is 6.94. The van der Waals surface area contributed by atoms with Crippen molar-refractivity contribution in [2.75, 3.05) is 13.2 Å². The third-order valence-electron chi connectivity index (χ3n) is 4.28. The number of fused-ring (bicyclic) bond motifs is 1. The normalized spacial score (nSPS) is 11.7. The summed E-state index contributed by atoms with van der Waals surface area (Å²) in [5, 5.41) is 2.95. The third-order valence-corrected chi connectivity index (χ3v) is 5.38. The van der Waals surface area contributed by atoms with E-state index >= 15 is 0 Å². The predicted molar refractivity (Wildman–Crippen MR) is 115 cm³/mol. The van der Waals surface area contributed by atoms with Gasteiger partial charge in [-0.25, -0.2) is 13.1 Å². The fourth-order valence-electron chi connectivity index (χ4n) is 2.95. The molecule has 150 valence electrons. The number of ether oxygens (including phenoxy) is 1. The molecule has 0 heterocycles. The van der Waals surface area contributed by atoms with Crippen LogP contribution in [0.1, 0.15) is 11.1 Å². The average Bonchev–Trinajstić information content (AvgIpc) is 2.71. The minimum Gasteiger partial charge on any atom is -0.483 e. The molecule has 3 N–H and O–H groups in total. The van der Waals surface area contributed by atoms with Crippen molar-refractivity contribution in [1.82, 2.24) is 4.72 Å². The average molecular weight is 410 g/mol. The number of rotatable bonds is 9. The summed E-state index contributed by atoms with van der Waals surface area (Å²) in [6.07, 6.45) is 2.07. The van der Waals surface area contributed by atoms with Crippen molar-refractivity contribution in [3.8, 4) is 5.75 Å². The van der Waals surface area contributed by atoms with Gasteiger partial charge in [-0.05, 0) is 35.1 Å². The van der Waals surface area contributed by atoms with Gasteiger partial charge in [-0.2, -0.15) is 0 Å². The number of primary amides is 1. The molecule has 0 saturated carbocycles. The number of hydrogen-bond donors (Lipinski definition) is 2. The maximum Gasteiger partial charge on any atom is 0.255 e. The van der Waals surface area contributed by atoms with Gasteiger partial charge in [-0.15, -0.1) is 0 Å². The van der Waals surface area contributed by atoms with Gasteiger partial charge < -0.3 is 10.5 Å². The lowest BCUT2D eigenvalue weighted by atomic mass is 10.0. The minimum absolute atomic E-state index is 0.198. The minimum atomic E-state index is -3.54. The Morgan fingerprint density at radius 3 is 2.45 bits per heavy atom. The van der Waals surface area contributed by atoms with Crippen LogP contribution in [0.5, 0.6) is 5.75 Å². The fourth-order valence-corrected chi connectivity index (χ4v) is 3.77. The van der Waals surface area contributed by atoms with Crippen molar-refractivity contribution < 1.29 is 17.9 Å². The van der Waals surface area contributed by atoms with Gasteiger partial charge in [0.05, 0.1) is 0 Å². The van der Waals surface area contributed by atoms with E-state index in [1.54, 1.807) is 12.1 Å². The summed E-state index contributed by atoms with van der Waals surface area (Å²) in [6, 6.07) is 20.5. The SMILES string of the molecule is NC(=O)COc1cccc2c(CCNS(=O)(=O)/C=C/c3ccccc3)cccc12. The van der Waals surface area contributed by atoms with Crippen molar-refractivity contribution >= 4 is 32.8 Å². The molecule has 3 aromatic carbocycles. The highest BCUT2D eigenvalue weighted by molar-refractivity contribution is 7.92. The van der Waals surface area contributed by atoms with Crippen LogP contribution in [0.4, 0.5) is 0 Å². The third kappa shape index (κ3) is 5.91. The molecule has 3 rings (SSSR count). The molecule has 0 bridgehead atoms. The standard InChI is InChI=1S/C22H22N2O4S/c23-22(25)16-28-21-11-5-9-19-18(8-4-10-20(19)21)12-14-24-29(26,27)15-13-17-6-2-1-3-7-17/h1-11,13,15,24H,12,14,16H2,(H2,23,25)/b15-13+. The largest absolute Gasteiger partial charge is 0.483 e. The summed E-state index contributed by atoms with van der Waals surface area (Å²) < 4.78 is 32.5. The number of amides is 1. The second kappa shape index (κ2) is 9.36. The van der Waals surface area contributed by atoms with Crippen LogP contribution in [0.3, 0.4) is 0 Å². The molecule has 0 saturated heterocycles. The van der Waals surface area contributed by atoms with Crippen LogP contribution in [-0.4, -0.2) is 27.5 Å². The first-order valence-corrected chi connectivity index (χ1v) is 10.6. The summed E-state index contributed by atoms with van der Waals surface area (Å²) in [4.78, 5) is 11.0. The van der Waals surface area contributed by atoms with E-state index in [9.17, 15) is 13.2 Å². The van der Waals surface area contributed by atoms with Crippen LogP contribution < -0.4 is 15.2 Å². The van der Waals surface area contributed by atoms with E-state index in [4.69, 9.17) is 10.5 Å². The molecule has 0 aliphatic rings. The molecule has 0 aliphatic heterocycles. The summed E-state index contributed by atoms with van der Waals surface area (Å²) in [6.45, 7) is 0.0594. The first-order chi connectivity index (χ1) is 13.9. The molecule has 0 unspecified atom stereocenters. The fraction of sp³-hybridized carbons (Fsp3) is 0.136. The Bertz CT molecular complexity index is 1130. The quantitative estimate of drug-likeness (QED) is 0.567. The van der Waals surface area contributed by atoms with E-state index < -0.39 is 15.9 Å². The Balaban J connectivity index is 1.68. The van der Waals surface area contributed by atoms with E-state index in [0.717, 1.165) is 21.9 Å². The number of nitrogens with two attached hydrogens (primary N) is 1. The highest BCUT2D eigenvalue weighted by Crippen LogP contribution is 2.28. The van der Waals surface area contributed by atoms with Crippen molar-refractivity contribution in [1.29, 1.82) is 0 Å². The Morgan fingerprint density at radius 2 is 1.69 bits per heavy atom. The van der Waals surface area contributed by atoms with Crippen LogP contribution in [0, 0.1) is 0 Å². The number of carbonyl (C=O) groups is 1. The van der Waals surface area contributed by atoms with Crippen molar-refractivity contribution in [2.45, 2.75) is 6.42 Å². The zero-order chi connectivity index (χ0) is 20.7. The lowest BCUT2D eigenvalue weighted by Gasteiger charge is -2.11. The van der Waals surface area contributed by atoms with Gasteiger partial charge in [-0.1, -0.05) is 60.7 Å². The van der Waals surface area contributed by atoms with E-state index in [2.05, 4.69) is 4.72 Å². The molecule has 3 aromatic rings. The lowest BCUT2D eigenvalue weighted by Crippen LogP contribution is -2.23. The number of benzene rings is 3. The van der Waals surface area contributed by atoms with Crippen LogP contribution in [-0.2, 0) is 21.2 Å². The first-order valence-electron chi connectivity index (χ1n) is 9.09. The zero-order valence-corrected chi connectivity index (χ0v) is 16.6. The molecule has 0 fully saturated rings. The molecular weight excluding hydrogens is 388 g/mol. The Hall–Kier alpha value is -3.16. The van der Waals surface area contributed by atoms with Gasteiger partial charge in [0, 0.05) is 17.3 Å². The molecule has 0 atom stereocenters. The summed E-state index contributed by atoms with van der Waals surface area (Å²) in [5.74, 6) is 0.0191. The van der Waals surface area contributed by atoms with E-state index in [0.29, 0.717) is 12.2 Å². The van der Waals surface area contributed by atoms with E-state index in [1.807, 2.05) is 60.7 Å². The maximum absolute atomic E-state index is 12.2. The maximum atomic E-state index is 12.2. The van der Waals surface area contributed by atoms with Crippen molar-refractivity contribution in [3.05, 3.63) is 83.3 Å². The molecule has 29 heavy (non-hydrogen) atoms. The van der Waals surface area contributed by atoms with Gasteiger partial charge in [0.2, 0.25) is 10.0 Å². The monoisotopic (exact) mass is 410 g/mol.